The van der Waals surface area contributed by atoms with Gasteiger partial charge >= 0.3 is 0 Å². The van der Waals surface area contributed by atoms with E-state index in [-0.39, 0.29) is 0 Å². The number of rotatable bonds is 0. The molecule has 0 bridgehead atoms. The molecule has 1 aliphatic heterocycles. The zero-order valence-corrected chi connectivity index (χ0v) is 5.31. The molecule has 0 aromatic heterocycles. The van der Waals surface area contributed by atoms with Crippen molar-refractivity contribution in [2.45, 2.75) is 19.9 Å². The molecule has 8 heavy (non-hydrogen) atoms. The van der Waals surface area contributed by atoms with E-state index in [1.165, 1.54) is 5.57 Å². The predicted molar refractivity (Wildman–Crippen MR) is 35.5 cm³/mol. The third-order valence-corrected chi connectivity index (χ3v) is 1.22. The standard InChI is InChI=1S/C7H11N/c1-6-3-4-7(2)8-5-6/h3-5,7-8H,1-2H3/t7-/m1/s1. The first-order chi connectivity index (χ1) is 3.79. The predicted octanol–water partition coefficient (Wildman–Crippen LogP) is 1.44. The highest BCUT2D eigenvalue weighted by Crippen LogP contribution is 2.00. The smallest absolute Gasteiger partial charge is 0.0413 e. The van der Waals surface area contributed by atoms with Gasteiger partial charge in [0.15, 0.2) is 0 Å². The van der Waals surface area contributed by atoms with E-state index < -0.39 is 0 Å². The lowest BCUT2D eigenvalue weighted by Crippen LogP contribution is -2.20. The largest absolute Gasteiger partial charge is 0.385 e. The van der Waals surface area contributed by atoms with E-state index >= 15 is 0 Å². The molecule has 1 rings (SSSR count). The molecule has 0 amide bonds. The minimum Gasteiger partial charge on any atom is -0.385 e. The molecule has 0 aromatic rings. The number of hydrogen-bond acceptors (Lipinski definition) is 1. The monoisotopic (exact) mass is 109 g/mol. The molecule has 1 heterocycles. The Hall–Kier alpha value is -0.720. The van der Waals surface area contributed by atoms with Gasteiger partial charge in [-0.3, -0.25) is 0 Å². The van der Waals surface area contributed by atoms with Gasteiger partial charge in [0, 0.05) is 6.04 Å². The normalized spacial score (nSPS) is 26.8. The summed E-state index contributed by atoms with van der Waals surface area (Å²) >= 11 is 0. The van der Waals surface area contributed by atoms with Gasteiger partial charge in [0.1, 0.15) is 0 Å². The third kappa shape index (κ3) is 1.12. The van der Waals surface area contributed by atoms with E-state index in [0.717, 1.165) is 0 Å². The SMILES string of the molecule is CC1=CN[C@H](C)C=C1. The molecule has 0 spiro atoms. The van der Waals surface area contributed by atoms with Crippen LogP contribution in [0.1, 0.15) is 13.8 Å². The molecule has 1 heteroatoms. The maximum atomic E-state index is 3.18. The van der Waals surface area contributed by atoms with Crippen LogP contribution in [0.4, 0.5) is 0 Å². The maximum absolute atomic E-state index is 3.18. The van der Waals surface area contributed by atoms with Crippen molar-refractivity contribution < 1.29 is 0 Å². The Morgan fingerprint density at radius 2 is 2.38 bits per heavy atom. The van der Waals surface area contributed by atoms with Crippen LogP contribution in [0, 0.1) is 0 Å². The van der Waals surface area contributed by atoms with E-state index in [1.807, 2.05) is 6.20 Å². The van der Waals surface area contributed by atoms with Crippen molar-refractivity contribution in [1.82, 2.24) is 5.32 Å². The van der Waals surface area contributed by atoms with Crippen LogP contribution >= 0.6 is 0 Å². The Labute approximate surface area is 50.1 Å². The van der Waals surface area contributed by atoms with Crippen LogP contribution in [0.15, 0.2) is 23.9 Å². The average Bonchev–Trinajstić information content (AvgIpc) is 1.77. The summed E-state index contributed by atoms with van der Waals surface area (Å²) in [5, 5.41) is 3.18. The fourth-order valence-corrected chi connectivity index (χ4v) is 0.663. The van der Waals surface area contributed by atoms with Crippen LogP contribution in [0.5, 0.6) is 0 Å². The second-order valence-corrected chi connectivity index (χ2v) is 2.20. The number of dihydropyridines is 1. The van der Waals surface area contributed by atoms with Crippen molar-refractivity contribution in [2.75, 3.05) is 0 Å². The van der Waals surface area contributed by atoms with Crippen LogP contribution in [-0.2, 0) is 0 Å². The Morgan fingerprint density at radius 3 is 2.75 bits per heavy atom. The Bertz CT molecular complexity index is 133. The fraction of sp³-hybridized carbons (Fsp3) is 0.429. The van der Waals surface area contributed by atoms with Crippen molar-refractivity contribution in [3.8, 4) is 0 Å². The summed E-state index contributed by atoms with van der Waals surface area (Å²) in [6.45, 7) is 4.20. The first-order valence-corrected chi connectivity index (χ1v) is 2.90. The van der Waals surface area contributed by atoms with E-state index in [1.54, 1.807) is 0 Å². The summed E-state index contributed by atoms with van der Waals surface area (Å²) in [5.41, 5.74) is 1.29. The van der Waals surface area contributed by atoms with Crippen LogP contribution in [-0.4, -0.2) is 6.04 Å². The summed E-state index contributed by atoms with van der Waals surface area (Å²) in [6, 6.07) is 0.513. The van der Waals surface area contributed by atoms with E-state index in [0.29, 0.717) is 6.04 Å². The first-order valence-electron chi connectivity index (χ1n) is 2.90. The molecule has 0 saturated heterocycles. The first kappa shape index (κ1) is 5.42. The van der Waals surface area contributed by atoms with E-state index in [2.05, 4.69) is 31.3 Å². The summed E-state index contributed by atoms with van der Waals surface area (Å²) in [6.07, 6.45) is 6.31. The molecular formula is C7H11N. The van der Waals surface area contributed by atoms with Gasteiger partial charge in [-0.05, 0) is 25.6 Å². The molecule has 0 unspecified atom stereocenters. The van der Waals surface area contributed by atoms with Gasteiger partial charge in [-0.1, -0.05) is 12.2 Å². The Balaban J connectivity index is 2.58. The van der Waals surface area contributed by atoms with Gasteiger partial charge in [0.2, 0.25) is 0 Å². The fourth-order valence-electron chi connectivity index (χ4n) is 0.663. The zero-order chi connectivity index (χ0) is 5.98. The van der Waals surface area contributed by atoms with E-state index in [4.69, 9.17) is 0 Å². The molecule has 44 valence electrons. The van der Waals surface area contributed by atoms with Crippen molar-refractivity contribution in [2.24, 2.45) is 0 Å². The lowest BCUT2D eigenvalue weighted by molar-refractivity contribution is 0.753. The molecule has 1 atom stereocenters. The highest BCUT2D eigenvalue weighted by Gasteiger charge is 1.95. The molecule has 1 N–H and O–H groups in total. The van der Waals surface area contributed by atoms with Crippen LogP contribution < -0.4 is 5.32 Å². The average molecular weight is 109 g/mol. The van der Waals surface area contributed by atoms with Gasteiger partial charge in [-0.15, -0.1) is 0 Å². The molecule has 1 aliphatic rings. The van der Waals surface area contributed by atoms with Crippen molar-refractivity contribution in [1.29, 1.82) is 0 Å². The second-order valence-electron chi connectivity index (χ2n) is 2.20. The molecule has 0 aromatic carbocycles. The molecule has 1 nitrogen and oxygen atoms in total. The summed E-state index contributed by atoms with van der Waals surface area (Å²) in [5.74, 6) is 0. The minimum atomic E-state index is 0.513. The molecule has 0 saturated carbocycles. The molecular weight excluding hydrogens is 98.1 g/mol. The highest BCUT2D eigenvalue weighted by atomic mass is 14.9. The van der Waals surface area contributed by atoms with E-state index in [9.17, 15) is 0 Å². The van der Waals surface area contributed by atoms with Gasteiger partial charge in [0.25, 0.3) is 0 Å². The molecule has 0 radical (unpaired) electrons. The summed E-state index contributed by atoms with van der Waals surface area (Å²) in [4.78, 5) is 0. The Kier molecular flexibility index (Phi) is 1.38. The highest BCUT2D eigenvalue weighted by molar-refractivity contribution is 5.20. The molecule has 0 aliphatic carbocycles. The van der Waals surface area contributed by atoms with Crippen molar-refractivity contribution >= 4 is 0 Å². The zero-order valence-electron chi connectivity index (χ0n) is 5.31. The van der Waals surface area contributed by atoms with Gasteiger partial charge < -0.3 is 5.32 Å². The number of hydrogen-bond donors (Lipinski definition) is 1. The van der Waals surface area contributed by atoms with Crippen LogP contribution in [0.2, 0.25) is 0 Å². The summed E-state index contributed by atoms with van der Waals surface area (Å²) < 4.78 is 0. The maximum Gasteiger partial charge on any atom is 0.0413 e. The van der Waals surface area contributed by atoms with Crippen LogP contribution in [0.3, 0.4) is 0 Å². The lowest BCUT2D eigenvalue weighted by atomic mass is 10.2. The summed E-state index contributed by atoms with van der Waals surface area (Å²) in [7, 11) is 0. The third-order valence-electron chi connectivity index (χ3n) is 1.22. The van der Waals surface area contributed by atoms with Crippen molar-refractivity contribution in [3.05, 3.63) is 23.9 Å². The minimum absolute atomic E-state index is 0.513. The lowest BCUT2D eigenvalue weighted by Gasteiger charge is -2.10. The van der Waals surface area contributed by atoms with Crippen LogP contribution in [0.25, 0.3) is 0 Å². The van der Waals surface area contributed by atoms with Gasteiger partial charge in [-0.2, -0.15) is 0 Å². The quantitative estimate of drug-likeness (QED) is 0.496. The number of allylic oxidation sites excluding steroid dienone is 2. The van der Waals surface area contributed by atoms with Gasteiger partial charge in [0.05, 0.1) is 0 Å². The Morgan fingerprint density at radius 1 is 1.62 bits per heavy atom. The molecule has 0 fully saturated rings. The van der Waals surface area contributed by atoms with Gasteiger partial charge in [-0.25, -0.2) is 0 Å². The van der Waals surface area contributed by atoms with Crippen molar-refractivity contribution in [3.63, 3.8) is 0 Å². The second kappa shape index (κ2) is 2.03. The topological polar surface area (TPSA) is 12.0 Å². The number of nitrogens with one attached hydrogen (secondary N) is 1.